The highest BCUT2D eigenvalue weighted by Gasteiger charge is 2.16. The minimum absolute atomic E-state index is 0.0593. The van der Waals surface area contributed by atoms with Gasteiger partial charge in [0, 0.05) is 30.1 Å². The van der Waals surface area contributed by atoms with Crippen molar-refractivity contribution in [2.45, 2.75) is 26.3 Å². The fourth-order valence-corrected chi connectivity index (χ4v) is 3.21. The maximum absolute atomic E-state index is 6.22. The Bertz CT molecular complexity index is 530. The van der Waals surface area contributed by atoms with E-state index in [0.717, 1.165) is 33.3 Å². The number of aryl methyl sites for hydroxylation is 3. The number of nitrogens with two attached hydrogens (primary N) is 1. The average Bonchev–Trinajstić information content (AvgIpc) is 2.73. The number of halogens is 1. The predicted molar refractivity (Wildman–Crippen MR) is 72.6 cm³/mol. The van der Waals surface area contributed by atoms with E-state index in [2.05, 4.69) is 11.2 Å². The van der Waals surface area contributed by atoms with Gasteiger partial charge in [-0.3, -0.25) is 4.68 Å². The third-order valence-electron chi connectivity index (χ3n) is 2.79. The first kappa shape index (κ1) is 12.6. The number of hydrogen-bond acceptors (Lipinski definition) is 3. The number of hydrogen-bond donors (Lipinski definition) is 1. The highest BCUT2D eigenvalue weighted by Crippen LogP contribution is 2.32. The maximum atomic E-state index is 6.22. The van der Waals surface area contributed by atoms with Crippen LogP contribution in [0.1, 0.15) is 27.9 Å². The summed E-state index contributed by atoms with van der Waals surface area (Å²) in [5.41, 5.74) is 9.46. The second-order valence-electron chi connectivity index (χ2n) is 4.31. The lowest BCUT2D eigenvalue weighted by molar-refractivity contribution is 0.645. The van der Waals surface area contributed by atoms with Crippen molar-refractivity contribution in [1.29, 1.82) is 0 Å². The van der Waals surface area contributed by atoms with E-state index in [4.69, 9.17) is 17.3 Å². The molecule has 0 bridgehead atoms. The Balaban J connectivity index is 2.19. The highest BCUT2D eigenvalue weighted by atomic mass is 35.5. The van der Waals surface area contributed by atoms with Crippen molar-refractivity contribution in [1.82, 2.24) is 9.78 Å². The van der Waals surface area contributed by atoms with Gasteiger partial charge < -0.3 is 5.73 Å². The molecule has 0 amide bonds. The van der Waals surface area contributed by atoms with Crippen LogP contribution in [-0.2, 0) is 13.5 Å². The minimum Gasteiger partial charge on any atom is -0.323 e. The van der Waals surface area contributed by atoms with Crippen LogP contribution in [0, 0.1) is 13.8 Å². The molecule has 92 valence electrons. The summed E-state index contributed by atoms with van der Waals surface area (Å²) < 4.78 is 1.88. The van der Waals surface area contributed by atoms with Gasteiger partial charge in [-0.25, -0.2) is 0 Å². The molecule has 0 aliphatic rings. The summed E-state index contributed by atoms with van der Waals surface area (Å²) in [5.74, 6) is 0. The van der Waals surface area contributed by atoms with Gasteiger partial charge in [-0.05, 0) is 30.9 Å². The van der Waals surface area contributed by atoms with Gasteiger partial charge in [0.1, 0.15) is 0 Å². The molecule has 3 nitrogen and oxygen atoms in total. The molecule has 1 atom stereocenters. The second kappa shape index (κ2) is 4.80. The van der Waals surface area contributed by atoms with Gasteiger partial charge in [0.2, 0.25) is 0 Å². The quantitative estimate of drug-likeness (QED) is 0.931. The number of thiophene rings is 1. The number of rotatable bonds is 3. The van der Waals surface area contributed by atoms with Crippen LogP contribution in [0.15, 0.2) is 11.4 Å². The topological polar surface area (TPSA) is 43.8 Å². The van der Waals surface area contributed by atoms with Crippen LogP contribution in [0.25, 0.3) is 0 Å². The Hall–Kier alpha value is -0.840. The monoisotopic (exact) mass is 269 g/mol. The van der Waals surface area contributed by atoms with Crippen LogP contribution >= 0.6 is 22.9 Å². The smallest absolute Gasteiger partial charge is 0.0596 e. The van der Waals surface area contributed by atoms with Crippen molar-refractivity contribution >= 4 is 22.9 Å². The summed E-state index contributed by atoms with van der Waals surface area (Å²) in [6.45, 7) is 3.99. The molecule has 0 radical (unpaired) electrons. The van der Waals surface area contributed by atoms with E-state index in [1.165, 1.54) is 0 Å². The van der Waals surface area contributed by atoms with Crippen molar-refractivity contribution < 1.29 is 0 Å². The van der Waals surface area contributed by atoms with E-state index in [1.54, 1.807) is 11.3 Å². The van der Waals surface area contributed by atoms with Gasteiger partial charge in [0.25, 0.3) is 0 Å². The van der Waals surface area contributed by atoms with Gasteiger partial charge in [0.05, 0.1) is 10.7 Å². The Morgan fingerprint density at radius 1 is 1.53 bits per heavy atom. The number of nitrogens with zero attached hydrogens (tertiary/aromatic N) is 2. The lowest BCUT2D eigenvalue weighted by atomic mass is 10.1. The summed E-state index contributed by atoms with van der Waals surface area (Å²) in [4.78, 5) is 1.06. The normalized spacial score (nSPS) is 13.0. The Morgan fingerprint density at radius 2 is 2.24 bits per heavy atom. The molecule has 2 aromatic rings. The molecule has 2 N–H and O–H groups in total. The Labute approximate surface area is 110 Å². The molecule has 0 aliphatic carbocycles. The first-order valence-electron chi connectivity index (χ1n) is 5.47. The van der Waals surface area contributed by atoms with Gasteiger partial charge in [-0.2, -0.15) is 5.10 Å². The molecule has 5 heteroatoms. The summed E-state index contributed by atoms with van der Waals surface area (Å²) in [5, 5.41) is 7.17. The van der Waals surface area contributed by atoms with Crippen molar-refractivity contribution in [2.24, 2.45) is 12.8 Å². The lowest BCUT2D eigenvalue weighted by Gasteiger charge is -2.10. The largest absolute Gasteiger partial charge is 0.323 e. The summed E-state index contributed by atoms with van der Waals surface area (Å²) in [7, 11) is 1.94. The third kappa shape index (κ3) is 2.54. The molecule has 0 spiro atoms. The standard InChI is InChI=1S/C12H16ClN3S/c1-7-6-17-12(11(7)13)10(14)5-9-4-8(2)15-16(9)3/h4,6,10H,5,14H2,1-3H3. The molecular formula is C12H16ClN3S. The predicted octanol–water partition coefficient (Wildman–Crippen LogP) is 2.99. The summed E-state index contributed by atoms with van der Waals surface area (Å²) in [6, 6.07) is 2.00. The van der Waals surface area contributed by atoms with Crippen molar-refractivity contribution in [3.8, 4) is 0 Å². The Kier molecular flexibility index (Phi) is 3.56. The molecule has 0 saturated heterocycles. The van der Waals surface area contributed by atoms with Gasteiger partial charge in [-0.1, -0.05) is 11.6 Å². The van der Waals surface area contributed by atoms with Gasteiger partial charge in [0.15, 0.2) is 0 Å². The van der Waals surface area contributed by atoms with E-state index in [1.807, 2.05) is 31.0 Å². The summed E-state index contributed by atoms with van der Waals surface area (Å²) >= 11 is 7.85. The van der Waals surface area contributed by atoms with Crippen molar-refractivity contribution in [2.75, 3.05) is 0 Å². The zero-order chi connectivity index (χ0) is 12.6. The summed E-state index contributed by atoms with van der Waals surface area (Å²) in [6.07, 6.45) is 0.761. The van der Waals surface area contributed by atoms with Crippen LogP contribution in [0.3, 0.4) is 0 Å². The zero-order valence-electron chi connectivity index (χ0n) is 10.2. The Morgan fingerprint density at radius 3 is 2.71 bits per heavy atom. The van der Waals surface area contributed by atoms with Crippen LogP contribution in [-0.4, -0.2) is 9.78 Å². The highest BCUT2D eigenvalue weighted by molar-refractivity contribution is 7.10. The van der Waals surface area contributed by atoms with Crippen LogP contribution < -0.4 is 5.73 Å². The molecule has 2 aromatic heterocycles. The third-order valence-corrected chi connectivity index (χ3v) is 4.64. The van der Waals surface area contributed by atoms with E-state index >= 15 is 0 Å². The molecule has 0 saturated carbocycles. The van der Waals surface area contributed by atoms with Crippen molar-refractivity contribution in [3.05, 3.63) is 38.3 Å². The van der Waals surface area contributed by atoms with Crippen molar-refractivity contribution in [3.63, 3.8) is 0 Å². The molecule has 2 heterocycles. The molecule has 0 aromatic carbocycles. The molecule has 0 aliphatic heterocycles. The average molecular weight is 270 g/mol. The van der Waals surface area contributed by atoms with E-state index in [-0.39, 0.29) is 6.04 Å². The molecule has 0 fully saturated rings. The first-order chi connectivity index (χ1) is 7.99. The second-order valence-corrected chi connectivity index (χ2v) is 5.60. The van der Waals surface area contributed by atoms with E-state index in [0.29, 0.717) is 0 Å². The van der Waals surface area contributed by atoms with E-state index < -0.39 is 0 Å². The minimum atomic E-state index is -0.0593. The van der Waals surface area contributed by atoms with Gasteiger partial charge >= 0.3 is 0 Å². The molecule has 2 rings (SSSR count). The van der Waals surface area contributed by atoms with E-state index in [9.17, 15) is 0 Å². The van der Waals surface area contributed by atoms with Crippen LogP contribution in [0.2, 0.25) is 5.02 Å². The number of aromatic nitrogens is 2. The fraction of sp³-hybridized carbons (Fsp3) is 0.417. The van der Waals surface area contributed by atoms with Gasteiger partial charge in [-0.15, -0.1) is 11.3 Å². The SMILES string of the molecule is Cc1cc(CC(N)c2scc(C)c2Cl)n(C)n1. The lowest BCUT2D eigenvalue weighted by Crippen LogP contribution is -2.14. The molecular weight excluding hydrogens is 254 g/mol. The van der Waals surface area contributed by atoms with Crippen LogP contribution in [0.5, 0.6) is 0 Å². The molecule has 17 heavy (non-hydrogen) atoms. The maximum Gasteiger partial charge on any atom is 0.0596 e. The fourth-order valence-electron chi connectivity index (χ4n) is 1.87. The first-order valence-corrected chi connectivity index (χ1v) is 6.73. The van der Waals surface area contributed by atoms with Crippen LogP contribution in [0.4, 0.5) is 0 Å². The molecule has 1 unspecified atom stereocenters. The zero-order valence-corrected chi connectivity index (χ0v) is 11.8.